The van der Waals surface area contributed by atoms with E-state index >= 15 is 0 Å². The van der Waals surface area contributed by atoms with Crippen LogP contribution in [0.25, 0.3) is 10.9 Å². The predicted molar refractivity (Wildman–Crippen MR) is 96.0 cm³/mol. The van der Waals surface area contributed by atoms with E-state index in [9.17, 15) is 9.59 Å². The summed E-state index contributed by atoms with van der Waals surface area (Å²) in [6.45, 7) is 0.927. The molecule has 1 atom stereocenters. The highest BCUT2D eigenvalue weighted by Gasteiger charge is 2.25. The second kappa shape index (κ2) is 7.41. The summed E-state index contributed by atoms with van der Waals surface area (Å²) in [5.41, 5.74) is 3.30. The molecule has 1 aliphatic heterocycles. The Kier molecular flexibility index (Phi) is 4.84. The molecule has 0 bridgehead atoms. The number of aromatic nitrogens is 1. The molecule has 4 rings (SSSR count). The number of fused-ring (bicyclic) bond motifs is 2. The van der Waals surface area contributed by atoms with E-state index in [0.717, 1.165) is 60.9 Å². The molecule has 6 heteroatoms. The number of aryl methyl sites for hydroxylation is 1. The highest BCUT2D eigenvalue weighted by molar-refractivity contribution is 6.05. The molecule has 1 N–H and O–H groups in total. The maximum atomic E-state index is 12.7. The smallest absolute Gasteiger partial charge is 0.339 e. The molecule has 0 unspecified atom stereocenters. The van der Waals surface area contributed by atoms with Crippen LogP contribution < -0.4 is 5.32 Å². The Morgan fingerprint density at radius 3 is 2.96 bits per heavy atom. The van der Waals surface area contributed by atoms with Crippen LogP contribution in [-0.4, -0.2) is 42.7 Å². The number of hydrogen-bond donors (Lipinski definition) is 1. The molecule has 6 nitrogen and oxygen atoms in total. The summed E-state index contributed by atoms with van der Waals surface area (Å²) >= 11 is 0. The number of hydrogen-bond acceptors (Lipinski definition) is 5. The van der Waals surface area contributed by atoms with Crippen molar-refractivity contribution in [3.8, 4) is 0 Å². The molecule has 0 spiro atoms. The van der Waals surface area contributed by atoms with Gasteiger partial charge in [-0.1, -0.05) is 18.2 Å². The second-order valence-electron chi connectivity index (χ2n) is 6.80. The normalized spacial score (nSPS) is 18.7. The number of nitrogens with one attached hydrogen (secondary N) is 1. The van der Waals surface area contributed by atoms with Gasteiger partial charge in [-0.05, 0) is 43.7 Å². The first-order valence-electron chi connectivity index (χ1n) is 9.18. The number of ether oxygens (including phenoxy) is 2. The minimum absolute atomic E-state index is 0.0714. The topological polar surface area (TPSA) is 77.5 Å². The van der Waals surface area contributed by atoms with E-state index in [1.54, 1.807) is 0 Å². The second-order valence-corrected chi connectivity index (χ2v) is 6.80. The van der Waals surface area contributed by atoms with E-state index in [4.69, 9.17) is 9.47 Å². The maximum Gasteiger partial charge on any atom is 0.339 e. The minimum atomic E-state index is -0.450. The van der Waals surface area contributed by atoms with Crippen LogP contribution in [0.15, 0.2) is 24.3 Å². The van der Waals surface area contributed by atoms with Gasteiger partial charge in [0.1, 0.15) is 0 Å². The molecule has 1 saturated heterocycles. The summed E-state index contributed by atoms with van der Waals surface area (Å²) in [4.78, 5) is 29.4. The third-order valence-corrected chi connectivity index (χ3v) is 5.01. The summed E-state index contributed by atoms with van der Waals surface area (Å²) < 4.78 is 10.8. The zero-order valence-corrected chi connectivity index (χ0v) is 14.6. The van der Waals surface area contributed by atoms with Crippen LogP contribution in [0.1, 0.15) is 40.9 Å². The van der Waals surface area contributed by atoms with Crippen LogP contribution >= 0.6 is 0 Å². The number of benzene rings is 1. The number of esters is 1. The zero-order chi connectivity index (χ0) is 17.9. The number of para-hydroxylation sites is 1. The lowest BCUT2D eigenvalue weighted by molar-refractivity contribution is -0.124. The average molecular weight is 354 g/mol. The Morgan fingerprint density at radius 1 is 1.23 bits per heavy atom. The lowest BCUT2D eigenvalue weighted by Crippen LogP contribution is -2.34. The lowest BCUT2D eigenvalue weighted by atomic mass is 10.0. The van der Waals surface area contributed by atoms with Crippen LogP contribution in [0.4, 0.5) is 0 Å². The first-order valence-corrected chi connectivity index (χ1v) is 9.18. The van der Waals surface area contributed by atoms with E-state index < -0.39 is 5.97 Å². The van der Waals surface area contributed by atoms with Gasteiger partial charge in [0.15, 0.2) is 6.61 Å². The van der Waals surface area contributed by atoms with Gasteiger partial charge in [0, 0.05) is 24.2 Å². The third kappa shape index (κ3) is 3.42. The first-order chi connectivity index (χ1) is 12.7. The van der Waals surface area contributed by atoms with Crippen molar-refractivity contribution in [2.75, 3.05) is 19.8 Å². The van der Waals surface area contributed by atoms with Gasteiger partial charge in [0.25, 0.3) is 5.91 Å². The standard InChI is InChI=1S/C20H22N2O4/c23-18(21-11-13-5-4-10-25-13)12-26-20(24)19-14-6-1-2-8-16(14)22-17-9-3-7-15(17)19/h1-2,6,8,13H,3-5,7,9-12H2,(H,21,23)/t13-/m0/s1. The zero-order valence-electron chi connectivity index (χ0n) is 14.6. The molecule has 1 fully saturated rings. The van der Waals surface area contributed by atoms with Gasteiger partial charge in [-0.15, -0.1) is 0 Å². The Bertz CT molecular complexity index is 843. The van der Waals surface area contributed by atoms with Gasteiger partial charge < -0.3 is 14.8 Å². The van der Waals surface area contributed by atoms with Gasteiger partial charge in [-0.25, -0.2) is 4.79 Å². The Morgan fingerprint density at radius 2 is 2.12 bits per heavy atom. The summed E-state index contributed by atoms with van der Waals surface area (Å²) in [5, 5.41) is 3.56. The molecule has 1 amide bonds. The number of nitrogens with zero attached hydrogens (tertiary/aromatic N) is 1. The predicted octanol–water partition coefficient (Wildman–Crippen LogP) is 2.18. The first kappa shape index (κ1) is 17.0. The van der Waals surface area contributed by atoms with E-state index in [1.165, 1.54) is 0 Å². The van der Waals surface area contributed by atoms with Crippen LogP contribution in [0.5, 0.6) is 0 Å². The van der Waals surface area contributed by atoms with Crippen molar-refractivity contribution >= 4 is 22.8 Å². The average Bonchev–Trinajstić information content (AvgIpc) is 3.33. The van der Waals surface area contributed by atoms with Gasteiger partial charge in [-0.2, -0.15) is 0 Å². The summed E-state index contributed by atoms with van der Waals surface area (Å²) in [6.07, 6.45) is 4.73. The number of amides is 1. The highest BCUT2D eigenvalue weighted by atomic mass is 16.5. The van der Waals surface area contributed by atoms with Crippen LogP contribution in [0.3, 0.4) is 0 Å². The number of rotatable bonds is 5. The van der Waals surface area contributed by atoms with Gasteiger partial charge in [0.2, 0.25) is 0 Å². The van der Waals surface area contributed by atoms with Crippen molar-refractivity contribution in [3.63, 3.8) is 0 Å². The molecule has 2 heterocycles. The molecule has 1 aliphatic carbocycles. The highest BCUT2D eigenvalue weighted by Crippen LogP contribution is 2.30. The van der Waals surface area contributed by atoms with Crippen LogP contribution in [0.2, 0.25) is 0 Å². The van der Waals surface area contributed by atoms with E-state index in [-0.39, 0.29) is 18.6 Å². The Labute approximate surface area is 151 Å². The molecule has 1 aromatic heterocycles. The van der Waals surface area contributed by atoms with E-state index in [2.05, 4.69) is 10.3 Å². The molecular formula is C20H22N2O4. The molecule has 136 valence electrons. The van der Waals surface area contributed by atoms with Crippen molar-refractivity contribution < 1.29 is 19.1 Å². The molecular weight excluding hydrogens is 332 g/mol. The number of carbonyl (C=O) groups excluding carboxylic acids is 2. The van der Waals surface area contributed by atoms with E-state index in [1.807, 2.05) is 24.3 Å². The quantitative estimate of drug-likeness (QED) is 0.833. The van der Waals surface area contributed by atoms with Gasteiger partial charge in [-0.3, -0.25) is 9.78 Å². The van der Waals surface area contributed by atoms with Crippen molar-refractivity contribution in [2.24, 2.45) is 0 Å². The Balaban J connectivity index is 1.45. The largest absolute Gasteiger partial charge is 0.452 e. The van der Waals surface area contributed by atoms with Gasteiger partial charge >= 0.3 is 5.97 Å². The molecule has 1 aromatic carbocycles. The molecule has 0 saturated carbocycles. The summed E-state index contributed by atoms with van der Waals surface area (Å²) in [6, 6.07) is 7.58. The fourth-order valence-corrected chi connectivity index (χ4v) is 3.73. The molecule has 0 radical (unpaired) electrons. The number of pyridine rings is 1. The Hall–Kier alpha value is -2.47. The SMILES string of the molecule is O=C(COC(=O)c1c2c(nc3ccccc13)CCC2)NC[C@@H]1CCCO1. The van der Waals surface area contributed by atoms with Crippen molar-refractivity contribution in [1.29, 1.82) is 0 Å². The molecule has 2 aliphatic rings. The minimum Gasteiger partial charge on any atom is -0.452 e. The third-order valence-electron chi connectivity index (χ3n) is 5.01. The van der Waals surface area contributed by atoms with E-state index in [0.29, 0.717) is 12.1 Å². The summed E-state index contributed by atoms with van der Waals surface area (Å²) in [7, 11) is 0. The van der Waals surface area contributed by atoms with Crippen LogP contribution in [-0.2, 0) is 27.1 Å². The van der Waals surface area contributed by atoms with Crippen molar-refractivity contribution in [2.45, 2.75) is 38.2 Å². The fraction of sp³-hybridized carbons (Fsp3) is 0.450. The monoisotopic (exact) mass is 354 g/mol. The fourth-order valence-electron chi connectivity index (χ4n) is 3.73. The van der Waals surface area contributed by atoms with Gasteiger partial charge in [0.05, 0.1) is 17.2 Å². The lowest BCUT2D eigenvalue weighted by Gasteiger charge is -2.13. The molecule has 26 heavy (non-hydrogen) atoms. The van der Waals surface area contributed by atoms with Crippen molar-refractivity contribution in [1.82, 2.24) is 10.3 Å². The van der Waals surface area contributed by atoms with Crippen molar-refractivity contribution in [3.05, 3.63) is 41.1 Å². The molecule has 2 aromatic rings. The maximum absolute atomic E-state index is 12.7. The summed E-state index contributed by atoms with van der Waals surface area (Å²) in [5.74, 6) is -0.752. The van der Waals surface area contributed by atoms with Crippen LogP contribution in [0, 0.1) is 0 Å². The number of carbonyl (C=O) groups is 2.